The number of rotatable bonds is 6. The van der Waals surface area contributed by atoms with E-state index in [0.29, 0.717) is 33.7 Å². The fraction of sp³-hybridized carbons (Fsp3) is 0.0455. The molecule has 0 spiro atoms. The molecular formula is C22H15ClN2O3. The Morgan fingerprint density at radius 3 is 2.18 bits per heavy atom. The first-order chi connectivity index (χ1) is 13.7. The van der Waals surface area contributed by atoms with Crippen LogP contribution in [0, 0.1) is 0 Å². The topological polar surface area (TPSA) is 65.2 Å². The molecule has 4 aromatic rings. The first-order valence-electron chi connectivity index (χ1n) is 8.60. The molecule has 0 saturated carbocycles. The number of benzene rings is 3. The third-order valence-electron chi connectivity index (χ3n) is 4.07. The van der Waals surface area contributed by atoms with Crippen LogP contribution in [0.3, 0.4) is 0 Å². The van der Waals surface area contributed by atoms with E-state index >= 15 is 0 Å². The van der Waals surface area contributed by atoms with Crippen molar-refractivity contribution in [1.29, 1.82) is 0 Å². The van der Waals surface area contributed by atoms with Gasteiger partial charge in [-0.05, 0) is 60.7 Å². The molecule has 5 nitrogen and oxygen atoms in total. The molecule has 0 saturated heterocycles. The third kappa shape index (κ3) is 4.10. The van der Waals surface area contributed by atoms with E-state index in [2.05, 4.69) is 10.2 Å². The Bertz CT molecular complexity index is 1070. The fourth-order valence-corrected chi connectivity index (χ4v) is 2.75. The first-order valence-corrected chi connectivity index (χ1v) is 8.98. The molecule has 0 unspecified atom stereocenters. The number of hydrogen-bond acceptors (Lipinski definition) is 5. The summed E-state index contributed by atoms with van der Waals surface area (Å²) >= 11 is 5.86. The van der Waals surface area contributed by atoms with Crippen molar-refractivity contribution in [3.63, 3.8) is 0 Å². The van der Waals surface area contributed by atoms with Gasteiger partial charge in [-0.1, -0.05) is 29.8 Å². The van der Waals surface area contributed by atoms with Gasteiger partial charge in [0.15, 0.2) is 12.4 Å². The molecule has 0 aliphatic carbocycles. The minimum atomic E-state index is -0.0763. The Balaban J connectivity index is 1.39. The third-order valence-corrected chi connectivity index (χ3v) is 4.32. The van der Waals surface area contributed by atoms with Gasteiger partial charge in [-0.3, -0.25) is 4.79 Å². The van der Waals surface area contributed by atoms with Crippen LogP contribution >= 0.6 is 11.6 Å². The largest absolute Gasteiger partial charge is 0.484 e. The van der Waals surface area contributed by atoms with E-state index < -0.39 is 0 Å². The molecule has 4 rings (SSSR count). The van der Waals surface area contributed by atoms with Gasteiger partial charge in [0.25, 0.3) is 5.89 Å². The average molecular weight is 391 g/mol. The molecule has 0 fully saturated rings. The first kappa shape index (κ1) is 17.9. The Labute approximate surface area is 166 Å². The van der Waals surface area contributed by atoms with Crippen LogP contribution in [-0.4, -0.2) is 16.0 Å². The van der Waals surface area contributed by atoms with Crippen LogP contribution in [0.25, 0.3) is 11.5 Å². The maximum absolute atomic E-state index is 12.5. The molecule has 1 heterocycles. The highest BCUT2D eigenvalue weighted by Gasteiger charge is 2.11. The number of ether oxygens (including phenoxy) is 1. The molecule has 0 radical (unpaired) electrons. The van der Waals surface area contributed by atoms with Gasteiger partial charge in [0.05, 0.1) is 0 Å². The second kappa shape index (κ2) is 8.06. The van der Waals surface area contributed by atoms with Gasteiger partial charge in [-0.25, -0.2) is 0 Å². The molecule has 28 heavy (non-hydrogen) atoms. The lowest BCUT2D eigenvalue weighted by Crippen LogP contribution is -2.01. The van der Waals surface area contributed by atoms with E-state index in [1.807, 2.05) is 30.3 Å². The SMILES string of the molecule is O=C(c1ccc(Cl)cc1)c1ccc(OCc2nnc(-c3ccccc3)o2)cc1. The minimum absolute atomic E-state index is 0.0763. The zero-order valence-corrected chi connectivity index (χ0v) is 15.5. The fourth-order valence-electron chi connectivity index (χ4n) is 2.62. The lowest BCUT2D eigenvalue weighted by Gasteiger charge is -2.05. The van der Waals surface area contributed by atoms with E-state index in [0.717, 1.165) is 5.56 Å². The van der Waals surface area contributed by atoms with Crippen LogP contribution in [0.15, 0.2) is 83.3 Å². The van der Waals surface area contributed by atoms with Crippen molar-refractivity contribution in [2.24, 2.45) is 0 Å². The summed E-state index contributed by atoms with van der Waals surface area (Å²) in [5, 5.41) is 8.61. The molecular weight excluding hydrogens is 376 g/mol. The van der Waals surface area contributed by atoms with E-state index in [9.17, 15) is 4.79 Å². The maximum atomic E-state index is 12.5. The number of halogens is 1. The second-order valence-electron chi connectivity index (χ2n) is 6.02. The van der Waals surface area contributed by atoms with Crippen LogP contribution in [0.4, 0.5) is 0 Å². The molecule has 3 aromatic carbocycles. The highest BCUT2D eigenvalue weighted by Crippen LogP contribution is 2.20. The summed E-state index contributed by atoms with van der Waals surface area (Å²) in [6, 6.07) is 23.2. The summed E-state index contributed by atoms with van der Waals surface area (Å²) < 4.78 is 11.3. The molecule has 6 heteroatoms. The number of carbonyl (C=O) groups excluding carboxylic acids is 1. The van der Waals surface area contributed by atoms with E-state index in [1.165, 1.54) is 0 Å². The van der Waals surface area contributed by atoms with Crippen molar-refractivity contribution in [2.75, 3.05) is 0 Å². The van der Waals surface area contributed by atoms with Gasteiger partial charge < -0.3 is 9.15 Å². The average Bonchev–Trinajstić information content (AvgIpc) is 3.22. The Morgan fingerprint density at radius 1 is 0.857 bits per heavy atom. The highest BCUT2D eigenvalue weighted by atomic mass is 35.5. The molecule has 138 valence electrons. The van der Waals surface area contributed by atoms with Gasteiger partial charge >= 0.3 is 0 Å². The summed E-state index contributed by atoms with van der Waals surface area (Å²) in [5.41, 5.74) is 2.00. The summed E-state index contributed by atoms with van der Waals surface area (Å²) in [5.74, 6) is 1.35. The lowest BCUT2D eigenvalue weighted by molar-refractivity contribution is 0.103. The molecule has 0 bridgehead atoms. The monoisotopic (exact) mass is 390 g/mol. The summed E-state index contributed by atoms with van der Waals surface area (Å²) in [6.07, 6.45) is 0. The molecule has 0 amide bonds. The smallest absolute Gasteiger partial charge is 0.254 e. The molecule has 0 N–H and O–H groups in total. The van der Waals surface area contributed by atoms with E-state index in [1.54, 1.807) is 48.5 Å². The van der Waals surface area contributed by atoms with Crippen molar-refractivity contribution < 1.29 is 13.9 Å². The number of ketones is 1. The number of aromatic nitrogens is 2. The standard InChI is InChI=1S/C22H15ClN2O3/c23-18-10-6-15(7-11-18)21(26)16-8-12-19(13-9-16)27-14-20-24-25-22(28-20)17-4-2-1-3-5-17/h1-13H,14H2. The van der Waals surface area contributed by atoms with Gasteiger partial charge in [0.2, 0.25) is 5.89 Å². The minimum Gasteiger partial charge on any atom is -0.484 e. The predicted molar refractivity (Wildman–Crippen MR) is 105 cm³/mol. The number of hydrogen-bond donors (Lipinski definition) is 0. The van der Waals surface area contributed by atoms with Crippen molar-refractivity contribution in [1.82, 2.24) is 10.2 Å². The summed E-state index contributed by atoms with van der Waals surface area (Å²) in [7, 11) is 0. The molecule has 0 atom stereocenters. The van der Waals surface area contributed by atoms with Crippen LogP contribution in [0.1, 0.15) is 21.8 Å². The molecule has 0 aliphatic heterocycles. The van der Waals surface area contributed by atoms with Crippen molar-refractivity contribution in [3.8, 4) is 17.2 Å². The van der Waals surface area contributed by atoms with Crippen molar-refractivity contribution in [2.45, 2.75) is 6.61 Å². The van der Waals surface area contributed by atoms with E-state index in [4.69, 9.17) is 20.8 Å². The molecule has 1 aromatic heterocycles. The van der Waals surface area contributed by atoms with Gasteiger partial charge in [0, 0.05) is 21.7 Å². The zero-order chi connectivity index (χ0) is 19.3. The van der Waals surface area contributed by atoms with Crippen LogP contribution in [0.2, 0.25) is 5.02 Å². The van der Waals surface area contributed by atoms with E-state index in [-0.39, 0.29) is 12.4 Å². The quantitative estimate of drug-likeness (QED) is 0.423. The zero-order valence-electron chi connectivity index (χ0n) is 14.7. The summed E-state index contributed by atoms with van der Waals surface area (Å²) in [6.45, 7) is 0.143. The highest BCUT2D eigenvalue weighted by molar-refractivity contribution is 6.30. The number of nitrogens with zero attached hydrogens (tertiary/aromatic N) is 2. The van der Waals surface area contributed by atoms with Crippen LogP contribution < -0.4 is 4.74 Å². The normalized spacial score (nSPS) is 10.6. The maximum Gasteiger partial charge on any atom is 0.254 e. The van der Waals surface area contributed by atoms with Gasteiger partial charge in [0.1, 0.15) is 5.75 Å². The van der Waals surface area contributed by atoms with Crippen LogP contribution in [-0.2, 0) is 6.61 Å². The predicted octanol–water partition coefficient (Wildman–Crippen LogP) is 5.20. The molecule has 0 aliphatic rings. The summed E-state index contributed by atoms with van der Waals surface area (Å²) in [4.78, 5) is 12.5. The Hall–Kier alpha value is -3.44. The van der Waals surface area contributed by atoms with Crippen molar-refractivity contribution >= 4 is 17.4 Å². The Kier molecular flexibility index (Phi) is 5.17. The second-order valence-corrected chi connectivity index (χ2v) is 6.45. The van der Waals surface area contributed by atoms with Crippen LogP contribution in [0.5, 0.6) is 5.75 Å². The number of carbonyl (C=O) groups is 1. The van der Waals surface area contributed by atoms with Gasteiger partial charge in [-0.15, -0.1) is 10.2 Å². The Morgan fingerprint density at radius 2 is 1.50 bits per heavy atom. The van der Waals surface area contributed by atoms with Crippen molar-refractivity contribution in [3.05, 3.63) is 101 Å². The van der Waals surface area contributed by atoms with Gasteiger partial charge in [-0.2, -0.15) is 0 Å². The lowest BCUT2D eigenvalue weighted by atomic mass is 10.0.